The molecule has 3 aromatic heterocycles. The molecule has 4 heterocycles. The highest BCUT2D eigenvalue weighted by Gasteiger charge is 2.46. The fourth-order valence-corrected chi connectivity index (χ4v) is 3.97. The Bertz CT molecular complexity index is 1300. The maximum absolute atomic E-state index is 14.2. The Balaban J connectivity index is 1.44. The first kappa shape index (κ1) is 21.7. The molecule has 0 saturated carbocycles. The van der Waals surface area contributed by atoms with Crippen molar-refractivity contribution in [2.45, 2.75) is 44.3 Å². The largest absolute Gasteiger partial charge is 0.387 e. The van der Waals surface area contributed by atoms with Gasteiger partial charge in [-0.15, -0.1) is 0 Å². The summed E-state index contributed by atoms with van der Waals surface area (Å²) in [5.74, 6) is 0.0276. The molecule has 0 amide bonds. The normalized spacial score (nSPS) is 22.8. The zero-order valence-corrected chi connectivity index (χ0v) is 18.1. The first-order chi connectivity index (χ1) is 16.0. The molecule has 10 nitrogen and oxygen atoms in total. The molecule has 0 radical (unpaired) electrons. The zero-order valence-electron chi connectivity index (χ0n) is 17.4. The summed E-state index contributed by atoms with van der Waals surface area (Å²) in [5, 5.41) is 28.4. The lowest BCUT2D eigenvalue weighted by molar-refractivity contribution is -0.0434. The van der Waals surface area contributed by atoms with Crippen LogP contribution in [0.4, 0.5) is 15.9 Å². The second-order valence-corrected chi connectivity index (χ2v) is 8.13. The Kier molecular flexibility index (Phi) is 5.71. The van der Waals surface area contributed by atoms with Crippen LogP contribution in [0.3, 0.4) is 0 Å². The first-order valence-corrected chi connectivity index (χ1v) is 10.7. The SMILES string of the molecule is CCCc1cc([C@H]2O[C@@H](n3cnc4c(Nc5ccc(Cl)cc5F)ncnc43)[C@H](O)[C@@H]2O)on1. The molecule has 1 aliphatic heterocycles. The van der Waals surface area contributed by atoms with Crippen molar-refractivity contribution in [2.75, 3.05) is 5.32 Å². The van der Waals surface area contributed by atoms with Gasteiger partial charge in [-0.25, -0.2) is 19.3 Å². The highest BCUT2D eigenvalue weighted by atomic mass is 35.5. The summed E-state index contributed by atoms with van der Waals surface area (Å²) < 4.78 is 27.0. The number of nitrogens with one attached hydrogen (secondary N) is 1. The first-order valence-electron chi connectivity index (χ1n) is 10.3. The van der Waals surface area contributed by atoms with E-state index in [9.17, 15) is 14.6 Å². The number of ether oxygens (including phenoxy) is 1. The third-order valence-corrected chi connectivity index (χ3v) is 5.65. The summed E-state index contributed by atoms with van der Waals surface area (Å²) in [6.07, 6.45) is -0.139. The van der Waals surface area contributed by atoms with Crippen LogP contribution in [-0.4, -0.2) is 47.1 Å². The average molecular weight is 475 g/mol. The number of anilines is 2. The fraction of sp³-hybridized carbons (Fsp3) is 0.333. The van der Waals surface area contributed by atoms with Crippen LogP contribution in [0.25, 0.3) is 11.2 Å². The fourth-order valence-electron chi connectivity index (χ4n) is 3.81. The number of hydrogen-bond acceptors (Lipinski definition) is 9. The monoisotopic (exact) mass is 474 g/mol. The summed E-state index contributed by atoms with van der Waals surface area (Å²) in [7, 11) is 0. The molecule has 5 rings (SSSR count). The van der Waals surface area contributed by atoms with Gasteiger partial charge < -0.3 is 24.8 Å². The molecule has 1 aromatic carbocycles. The smallest absolute Gasteiger partial charge is 0.168 e. The van der Waals surface area contributed by atoms with Crippen molar-refractivity contribution < 1.29 is 23.9 Å². The lowest BCUT2D eigenvalue weighted by atomic mass is 10.1. The molecule has 4 aromatic rings. The Morgan fingerprint density at radius 3 is 2.82 bits per heavy atom. The van der Waals surface area contributed by atoms with E-state index in [0.29, 0.717) is 16.9 Å². The van der Waals surface area contributed by atoms with Gasteiger partial charge in [0.25, 0.3) is 0 Å². The number of aliphatic hydroxyl groups excluding tert-OH is 2. The second kappa shape index (κ2) is 8.67. The third-order valence-electron chi connectivity index (χ3n) is 5.42. The Labute approximate surface area is 192 Å². The van der Waals surface area contributed by atoms with E-state index < -0.39 is 30.4 Å². The van der Waals surface area contributed by atoms with Crippen molar-refractivity contribution in [1.29, 1.82) is 0 Å². The van der Waals surface area contributed by atoms with Gasteiger partial charge in [-0.1, -0.05) is 30.1 Å². The molecule has 33 heavy (non-hydrogen) atoms. The molecular formula is C21H20ClFN6O4. The number of aromatic nitrogens is 5. The van der Waals surface area contributed by atoms with Crippen molar-refractivity contribution in [3.8, 4) is 0 Å². The van der Waals surface area contributed by atoms with E-state index in [4.69, 9.17) is 20.9 Å². The molecule has 1 aliphatic rings. The number of aliphatic hydroxyl groups is 2. The number of fused-ring (bicyclic) bond motifs is 1. The topological polar surface area (TPSA) is 131 Å². The number of hydrogen-bond donors (Lipinski definition) is 3. The van der Waals surface area contributed by atoms with E-state index in [1.165, 1.54) is 29.4 Å². The highest BCUT2D eigenvalue weighted by molar-refractivity contribution is 6.30. The van der Waals surface area contributed by atoms with Crippen LogP contribution >= 0.6 is 11.6 Å². The van der Waals surface area contributed by atoms with Gasteiger partial charge in [-0.3, -0.25) is 4.57 Å². The van der Waals surface area contributed by atoms with Crippen LogP contribution in [-0.2, 0) is 11.2 Å². The predicted octanol–water partition coefficient (Wildman–Crippen LogP) is 3.29. The Hall–Kier alpha value is -3.12. The minimum absolute atomic E-state index is 0.162. The highest BCUT2D eigenvalue weighted by Crippen LogP contribution is 2.40. The van der Waals surface area contributed by atoms with Crippen molar-refractivity contribution in [2.24, 2.45) is 0 Å². The number of halogens is 2. The van der Waals surface area contributed by atoms with E-state index in [1.807, 2.05) is 6.92 Å². The molecule has 12 heteroatoms. The minimum atomic E-state index is -1.28. The summed E-state index contributed by atoms with van der Waals surface area (Å²) in [6, 6.07) is 5.92. The van der Waals surface area contributed by atoms with E-state index in [-0.39, 0.29) is 16.5 Å². The van der Waals surface area contributed by atoms with Gasteiger partial charge in [0.15, 0.2) is 29.0 Å². The third kappa shape index (κ3) is 3.93. The predicted molar refractivity (Wildman–Crippen MR) is 115 cm³/mol. The van der Waals surface area contributed by atoms with Gasteiger partial charge in [0.1, 0.15) is 30.5 Å². The van der Waals surface area contributed by atoms with Crippen molar-refractivity contribution in [3.05, 3.63) is 59.2 Å². The number of imidazole rings is 1. The van der Waals surface area contributed by atoms with Crippen molar-refractivity contribution in [3.63, 3.8) is 0 Å². The molecule has 1 fully saturated rings. The summed E-state index contributed by atoms with van der Waals surface area (Å²) in [5.41, 5.74) is 1.55. The molecule has 4 atom stereocenters. The minimum Gasteiger partial charge on any atom is -0.387 e. The van der Waals surface area contributed by atoms with Crippen LogP contribution in [0.2, 0.25) is 5.02 Å². The maximum atomic E-state index is 14.2. The Morgan fingerprint density at radius 1 is 1.18 bits per heavy atom. The van der Waals surface area contributed by atoms with Gasteiger partial charge in [-0.2, -0.15) is 0 Å². The maximum Gasteiger partial charge on any atom is 0.168 e. The van der Waals surface area contributed by atoms with Crippen molar-refractivity contribution >= 4 is 34.3 Å². The van der Waals surface area contributed by atoms with E-state index in [0.717, 1.165) is 18.5 Å². The molecule has 0 spiro atoms. The molecule has 1 saturated heterocycles. The molecule has 3 N–H and O–H groups in total. The van der Waals surface area contributed by atoms with Crippen LogP contribution < -0.4 is 5.32 Å². The Morgan fingerprint density at radius 2 is 2.03 bits per heavy atom. The van der Waals surface area contributed by atoms with Gasteiger partial charge in [-0.05, 0) is 24.6 Å². The van der Waals surface area contributed by atoms with E-state index >= 15 is 0 Å². The van der Waals surface area contributed by atoms with Gasteiger partial charge >= 0.3 is 0 Å². The number of aryl methyl sites for hydroxylation is 1. The summed E-state index contributed by atoms with van der Waals surface area (Å²) in [6.45, 7) is 2.02. The lowest BCUT2D eigenvalue weighted by Crippen LogP contribution is -2.28. The van der Waals surface area contributed by atoms with Crippen LogP contribution in [0.15, 0.2) is 41.4 Å². The number of benzene rings is 1. The number of rotatable bonds is 6. The lowest BCUT2D eigenvalue weighted by Gasteiger charge is -2.16. The van der Waals surface area contributed by atoms with E-state index in [1.54, 1.807) is 12.1 Å². The summed E-state index contributed by atoms with van der Waals surface area (Å²) >= 11 is 5.81. The van der Waals surface area contributed by atoms with Crippen LogP contribution in [0, 0.1) is 5.82 Å². The van der Waals surface area contributed by atoms with Gasteiger partial charge in [0.05, 0.1) is 17.7 Å². The van der Waals surface area contributed by atoms with Crippen molar-refractivity contribution in [1.82, 2.24) is 24.7 Å². The molecule has 0 bridgehead atoms. The van der Waals surface area contributed by atoms with E-state index in [2.05, 4.69) is 25.4 Å². The summed E-state index contributed by atoms with van der Waals surface area (Å²) in [4.78, 5) is 12.7. The molecule has 172 valence electrons. The van der Waals surface area contributed by atoms with Crippen LogP contribution in [0.5, 0.6) is 0 Å². The van der Waals surface area contributed by atoms with Gasteiger partial charge in [0.2, 0.25) is 0 Å². The quantitative estimate of drug-likeness (QED) is 0.385. The molecule has 0 aliphatic carbocycles. The second-order valence-electron chi connectivity index (χ2n) is 7.69. The number of nitrogens with zero attached hydrogens (tertiary/aromatic N) is 5. The van der Waals surface area contributed by atoms with Gasteiger partial charge in [0, 0.05) is 11.1 Å². The molecule has 0 unspecified atom stereocenters. The average Bonchev–Trinajstić information content (AvgIpc) is 3.50. The van der Waals surface area contributed by atoms with Crippen LogP contribution in [0.1, 0.15) is 37.1 Å². The standard InChI is InChI=1S/C21H20ClFN6O4/c1-2-3-11-7-14(33-28-11)18-16(30)17(31)21(32-18)29-9-26-15-19(24-8-25-20(15)29)27-13-5-4-10(22)6-12(13)23/h4-9,16-18,21,30-31H,2-3H2,1H3,(H,24,25,27)/t16-,17+,18+,21+/m0/s1. The zero-order chi connectivity index (χ0) is 23.1. The molecular weight excluding hydrogens is 455 g/mol.